The Balaban J connectivity index is 1.79. The molecule has 0 fully saturated rings. The van der Waals surface area contributed by atoms with Crippen molar-refractivity contribution in [1.82, 2.24) is 0 Å². The van der Waals surface area contributed by atoms with Crippen molar-refractivity contribution in [3.63, 3.8) is 0 Å². The van der Waals surface area contributed by atoms with Crippen LogP contribution in [0, 0.1) is 0 Å². The summed E-state index contributed by atoms with van der Waals surface area (Å²) in [5.74, 6) is 0.947. The number of carbonyl (C=O) groups excluding carboxylic acids is 2. The van der Waals surface area contributed by atoms with Crippen molar-refractivity contribution < 1.29 is 14.3 Å². The van der Waals surface area contributed by atoms with E-state index in [4.69, 9.17) is 10.5 Å². The summed E-state index contributed by atoms with van der Waals surface area (Å²) in [6.07, 6.45) is 0.886. The van der Waals surface area contributed by atoms with E-state index in [1.807, 2.05) is 19.1 Å². The van der Waals surface area contributed by atoms with Crippen molar-refractivity contribution in [2.45, 2.75) is 25.8 Å². The molecule has 0 spiro atoms. The molecule has 29 heavy (non-hydrogen) atoms. The third kappa shape index (κ3) is 4.89. The largest absolute Gasteiger partial charge is 0.495 e. The number of ether oxygens (including phenoxy) is 1. The Morgan fingerprint density at radius 2 is 1.90 bits per heavy atom. The zero-order valence-corrected chi connectivity index (χ0v) is 17.4. The average Bonchev–Trinajstić information content (AvgIpc) is 2.68. The molecule has 7 nitrogen and oxygen atoms in total. The monoisotopic (exact) mass is 412 g/mol. The van der Waals surface area contributed by atoms with E-state index in [0.29, 0.717) is 27.9 Å². The summed E-state index contributed by atoms with van der Waals surface area (Å²) in [6, 6.07) is 12.4. The van der Waals surface area contributed by atoms with Crippen LogP contribution in [0.5, 0.6) is 5.75 Å². The lowest BCUT2D eigenvalue weighted by molar-refractivity contribution is -0.114. The van der Waals surface area contributed by atoms with Gasteiger partial charge in [0.25, 0.3) is 5.91 Å². The summed E-state index contributed by atoms with van der Waals surface area (Å²) in [6.45, 7) is 3.47. The number of hydrogen-bond donors (Lipinski definition) is 3. The number of hydrogen-bond acceptors (Lipinski definition) is 6. The topological polar surface area (TPSA) is 106 Å². The lowest BCUT2D eigenvalue weighted by atomic mass is 9.89. The van der Waals surface area contributed by atoms with Crippen LogP contribution >= 0.6 is 11.8 Å². The second kappa shape index (κ2) is 8.57. The van der Waals surface area contributed by atoms with E-state index in [0.717, 1.165) is 17.7 Å². The predicted octanol–water partition coefficient (Wildman–Crippen LogP) is 3.57. The van der Waals surface area contributed by atoms with E-state index in [1.54, 1.807) is 42.1 Å². The molecule has 2 aromatic rings. The molecule has 4 N–H and O–H groups in total. The minimum atomic E-state index is -0.375. The van der Waals surface area contributed by atoms with Gasteiger partial charge in [0.15, 0.2) is 5.17 Å². The van der Waals surface area contributed by atoms with Crippen LogP contribution in [0.2, 0.25) is 0 Å². The first-order valence-electron chi connectivity index (χ1n) is 9.16. The normalized spacial score (nSPS) is 18.5. The summed E-state index contributed by atoms with van der Waals surface area (Å²) < 4.78 is 5.31. The SMILES string of the molecule is COc1ccc(NC(C)=O)cc1NC(=O)c1ccc(C2(C)CCSC(N)=N2)cc1. The molecule has 3 rings (SSSR count). The number of amides is 2. The number of benzene rings is 2. The van der Waals surface area contributed by atoms with Gasteiger partial charge in [-0.2, -0.15) is 0 Å². The molecule has 0 bridgehead atoms. The molecule has 1 unspecified atom stereocenters. The fourth-order valence-corrected chi connectivity index (χ4v) is 4.13. The van der Waals surface area contributed by atoms with Crippen molar-refractivity contribution in [3.8, 4) is 5.75 Å². The molecule has 0 saturated heterocycles. The van der Waals surface area contributed by atoms with Crippen LogP contribution < -0.4 is 21.1 Å². The molecular formula is C21H24N4O3S. The number of carbonyl (C=O) groups is 2. The van der Waals surface area contributed by atoms with E-state index >= 15 is 0 Å². The maximum absolute atomic E-state index is 12.7. The number of aliphatic imine (C=N–C) groups is 1. The van der Waals surface area contributed by atoms with Crippen LogP contribution in [0.25, 0.3) is 0 Å². The molecule has 1 heterocycles. The molecule has 0 saturated carbocycles. The quantitative estimate of drug-likeness (QED) is 0.696. The second-order valence-corrected chi connectivity index (χ2v) is 8.07. The summed E-state index contributed by atoms with van der Waals surface area (Å²) in [7, 11) is 1.52. The molecule has 1 aliphatic rings. The van der Waals surface area contributed by atoms with Gasteiger partial charge in [-0.3, -0.25) is 14.6 Å². The van der Waals surface area contributed by atoms with Crippen molar-refractivity contribution in [2.24, 2.45) is 10.7 Å². The highest BCUT2D eigenvalue weighted by atomic mass is 32.2. The third-order valence-electron chi connectivity index (χ3n) is 4.73. The lowest BCUT2D eigenvalue weighted by Crippen LogP contribution is -2.28. The first-order chi connectivity index (χ1) is 13.8. The Kier molecular flexibility index (Phi) is 6.12. The number of thioether (sulfide) groups is 1. The summed E-state index contributed by atoms with van der Waals surface area (Å²) in [4.78, 5) is 28.6. The molecular weight excluding hydrogens is 388 g/mol. The van der Waals surface area contributed by atoms with Crippen LogP contribution in [-0.4, -0.2) is 29.8 Å². The van der Waals surface area contributed by atoms with Crippen LogP contribution in [-0.2, 0) is 10.3 Å². The molecule has 2 amide bonds. The number of rotatable bonds is 5. The van der Waals surface area contributed by atoms with Gasteiger partial charge < -0.3 is 21.1 Å². The minimum absolute atomic E-state index is 0.194. The Morgan fingerprint density at radius 3 is 2.52 bits per heavy atom. The van der Waals surface area contributed by atoms with Crippen molar-refractivity contribution >= 4 is 40.1 Å². The van der Waals surface area contributed by atoms with Crippen LogP contribution in [0.3, 0.4) is 0 Å². The molecule has 1 atom stereocenters. The summed E-state index contributed by atoms with van der Waals surface area (Å²) in [5, 5.41) is 6.12. The van der Waals surface area contributed by atoms with Crippen LogP contribution in [0.4, 0.5) is 11.4 Å². The van der Waals surface area contributed by atoms with Gasteiger partial charge in [0.2, 0.25) is 5.91 Å². The van der Waals surface area contributed by atoms with E-state index < -0.39 is 0 Å². The molecule has 0 radical (unpaired) electrons. The van der Waals surface area contributed by atoms with Gasteiger partial charge in [0.1, 0.15) is 5.75 Å². The molecule has 0 aliphatic carbocycles. The van der Waals surface area contributed by atoms with E-state index in [9.17, 15) is 9.59 Å². The van der Waals surface area contributed by atoms with E-state index in [2.05, 4.69) is 15.6 Å². The molecule has 152 valence electrons. The smallest absolute Gasteiger partial charge is 0.255 e. The zero-order valence-electron chi connectivity index (χ0n) is 16.6. The van der Waals surface area contributed by atoms with Gasteiger partial charge in [-0.15, -0.1) is 0 Å². The Morgan fingerprint density at radius 1 is 1.17 bits per heavy atom. The van der Waals surface area contributed by atoms with Crippen LogP contribution in [0.15, 0.2) is 47.5 Å². The molecule has 2 aromatic carbocycles. The molecule has 1 aliphatic heterocycles. The maximum Gasteiger partial charge on any atom is 0.255 e. The van der Waals surface area contributed by atoms with Gasteiger partial charge in [0.05, 0.1) is 18.3 Å². The number of nitrogens with one attached hydrogen (secondary N) is 2. The lowest BCUT2D eigenvalue weighted by Gasteiger charge is -2.29. The van der Waals surface area contributed by atoms with Crippen molar-refractivity contribution in [1.29, 1.82) is 0 Å². The van der Waals surface area contributed by atoms with Crippen molar-refractivity contribution in [3.05, 3.63) is 53.6 Å². The highest BCUT2D eigenvalue weighted by Crippen LogP contribution is 2.35. The number of anilines is 2. The zero-order chi connectivity index (χ0) is 21.0. The standard InChI is InChI=1S/C21H24N4O3S/c1-13(26)23-16-8-9-18(28-3)17(12-16)24-19(27)14-4-6-15(7-5-14)21(2)10-11-29-20(22)25-21/h4-9,12H,10-11H2,1-3H3,(H2,22,25)(H,23,26)(H,24,27). The number of amidine groups is 1. The average molecular weight is 413 g/mol. The van der Waals surface area contributed by atoms with Gasteiger partial charge in [-0.25, -0.2) is 0 Å². The highest BCUT2D eigenvalue weighted by molar-refractivity contribution is 8.13. The number of nitrogens with zero attached hydrogens (tertiary/aromatic N) is 1. The van der Waals surface area contributed by atoms with Gasteiger partial charge in [0, 0.05) is 23.9 Å². The molecule has 8 heteroatoms. The summed E-state index contributed by atoms with van der Waals surface area (Å²) >= 11 is 1.56. The van der Waals surface area contributed by atoms with Crippen molar-refractivity contribution in [2.75, 3.05) is 23.5 Å². The van der Waals surface area contributed by atoms with Gasteiger partial charge in [-0.05, 0) is 49.2 Å². The second-order valence-electron chi connectivity index (χ2n) is 6.95. The van der Waals surface area contributed by atoms with Crippen LogP contribution in [0.1, 0.15) is 36.2 Å². The van der Waals surface area contributed by atoms with E-state index in [-0.39, 0.29) is 17.4 Å². The van der Waals surface area contributed by atoms with Gasteiger partial charge in [-0.1, -0.05) is 23.9 Å². The third-order valence-corrected chi connectivity index (χ3v) is 5.53. The first kappa shape index (κ1) is 20.7. The number of methoxy groups -OCH3 is 1. The van der Waals surface area contributed by atoms with Gasteiger partial charge >= 0.3 is 0 Å². The first-order valence-corrected chi connectivity index (χ1v) is 10.1. The minimum Gasteiger partial charge on any atom is -0.495 e. The fourth-order valence-electron chi connectivity index (χ4n) is 3.16. The fraction of sp³-hybridized carbons (Fsp3) is 0.286. The predicted molar refractivity (Wildman–Crippen MR) is 118 cm³/mol. The highest BCUT2D eigenvalue weighted by Gasteiger charge is 2.29. The van der Waals surface area contributed by atoms with E-state index in [1.165, 1.54) is 14.0 Å². The maximum atomic E-state index is 12.7. The number of nitrogens with two attached hydrogens (primary N) is 1. The molecule has 0 aromatic heterocycles. The Hall–Kier alpha value is -3.00. The summed E-state index contributed by atoms with van der Waals surface area (Å²) in [5.41, 5.74) is 8.08. The Bertz CT molecular complexity index is 959. The Labute approximate surface area is 174 Å².